The van der Waals surface area contributed by atoms with Crippen LogP contribution in [0.4, 0.5) is 5.69 Å². The van der Waals surface area contributed by atoms with Crippen LogP contribution in [0.5, 0.6) is 5.75 Å². The molecule has 1 N–H and O–H groups in total. The van der Waals surface area contributed by atoms with Crippen LogP contribution in [0.25, 0.3) is 11.1 Å². The van der Waals surface area contributed by atoms with Crippen LogP contribution >= 0.6 is 11.6 Å². The summed E-state index contributed by atoms with van der Waals surface area (Å²) in [4.78, 5) is 11.4. The second-order valence-corrected chi connectivity index (χ2v) is 7.07. The molecule has 0 aliphatic heterocycles. The van der Waals surface area contributed by atoms with Crippen LogP contribution in [0.2, 0.25) is 5.02 Å². The van der Waals surface area contributed by atoms with Gasteiger partial charge in [-0.1, -0.05) is 17.7 Å². The second-order valence-electron chi connectivity index (χ2n) is 5.01. The Labute approximate surface area is 142 Å². The van der Waals surface area contributed by atoms with Gasteiger partial charge in [0.05, 0.1) is 23.3 Å². The minimum atomic E-state index is -3.97. The lowest BCUT2D eigenvalue weighted by Crippen LogP contribution is -2.13. The number of benzene rings is 2. The summed E-state index contributed by atoms with van der Waals surface area (Å²) < 4.78 is 38.9. The van der Waals surface area contributed by atoms with E-state index in [0.717, 1.165) is 0 Å². The number of fused-ring (bicyclic) bond motifs is 1. The Morgan fingerprint density at radius 1 is 1.25 bits per heavy atom. The first-order valence-corrected chi connectivity index (χ1v) is 8.64. The summed E-state index contributed by atoms with van der Waals surface area (Å²) in [5, 5.41) is -0.0192. The quantitative estimate of drug-likeness (QED) is 0.764. The van der Waals surface area contributed by atoms with Crippen molar-refractivity contribution in [3.63, 3.8) is 0 Å². The molecule has 0 fully saturated rings. The maximum Gasteiger partial charge on any atom is 0.419 e. The van der Waals surface area contributed by atoms with Gasteiger partial charge in [-0.3, -0.25) is 9.29 Å². The van der Waals surface area contributed by atoms with Crippen LogP contribution in [0.3, 0.4) is 0 Å². The van der Waals surface area contributed by atoms with Gasteiger partial charge in [-0.2, -0.15) is 0 Å². The number of nitrogens with zero attached hydrogens (tertiary/aromatic N) is 1. The Bertz CT molecular complexity index is 1080. The Balaban J connectivity index is 2.07. The predicted octanol–water partition coefficient (Wildman–Crippen LogP) is 2.59. The highest BCUT2D eigenvalue weighted by atomic mass is 35.5. The summed E-state index contributed by atoms with van der Waals surface area (Å²) >= 11 is 6.09. The monoisotopic (exact) mass is 368 g/mol. The number of anilines is 1. The molecule has 0 saturated carbocycles. The molecule has 0 atom stereocenters. The lowest BCUT2D eigenvalue weighted by atomic mass is 10.3. The fraction of sp³-hybridized carbons (Fsp3) is 0.133. The molecule has 126 valence electrons. The molecule has 24 heavy (non-hydrogen) atoms. The van der Waals surface area contributed by atoms with E-state index in [0.29, 0.717) is 17.0 Å². The van der Waals surface area contributed by atoms with E-state index < -0.39 is 15.8 Å². The summed E-state index contributed by atoms with van der Waals surface area (Å²) in [6, 6.07) is 9.05. The van der Waals surface area contributed by atoms with Crippen LogP contribution in [0.1, 0.15) is 0 Å². The molecule has 0 saturated heterocycles. The fourth-order valence-corrected chi connectivity index (χ4v) is 3.82. The first-order chi connectivity index (χ1) is 11.3. The van der Waals surface area contributed by atoms with Gasteiger partial charge in [0.25, 0.3) is 10.0 Å². The fourth-order valence-electron chi connectivity index (χ4n) is 2.23. The van der Waals surface area contributed by atoms with Crippen LogP contribution in [0.15, 0.2) is 50.5 Å². The number of nitrogens with one attached hydrogen (secondary N) is 1. The number of methoxy groups -OCH3 is 1. The Morgan fingerprint density at radius 2 is 2.00 bits per heavy atom. The largest absolute Gasteiger partial charge is 0.497 e. The first-order valence-electron chi connectivity index (χ1n) is 6.78. The van der Waals surface area contributed by atoms with E-state index >= 15 is 0 Å². The van der Waals surface area contributed by atoms with Crippen molar-refractivity contribution in [2.24, 2.45) is 7.05 Å². The molecule has 3 aromatic rings. The maximum absolute atomic E-state index is 12.6. The van der Waals surface area contributed by atoms with Gasteiger partial charge in [0.1, 0.15) is 10.6 Å². The number of ether oxygens (including phenoxy) is 1. The van der Waals surface area contributed by atoms with Gasteiger partial charge in [-0.05, 0) is 18.2 Å². The number of hydrogen-bond acceptors (Lipinski definition) is 5. The van der Waals surface area contributed by atoms with Crippen molar-refractivity contribution in [2.45, 2.75) is 4.90 Å². The zero-order valence-electron chi connectivity index (χ0n) is 12.7. The summed E-state index contributed by atoms with van der Waals surface area (Å²) in [6.45, 7) is 0. The molecule has 0 unspecified atom stereocenters. The van der Waals surface area contributed by atoms with E-state index in [1.807, 2.05) is 0 Å². The molecule has 0 aliphatic rings. The number of sulfonamides is 1. The maximum atomic E-state index is 12.6. The minimum absolute atomic E-state index is 0.0192. The van der Waals surface area contributed by atoms with E-state index in [4.69, 9.17) is 20.8 Å². The van der Waals surface area contributed by atoms with E-state index in [9.17, 15) is 13.2 Å². The van der Waals surface area contributed by atoms with Crippen molar-refractivity contribution in [1.82, 2.24) is 4.57 Å². The Kier molecular flexibility index (Phi) is 4.02. The van der Waals surface area contributed by atoms with Gasteiger partial charge in [-0.25, -0.2) is 13.2 Å². The lowest BCUT2D eigenvalue weighted by Gasteiger charge is -2.10. The molecule has 9 heteroatoms. The Hall–Kier alpha value is -2.45. The van der Waals surface area contributed by atoms with Crippen LogP contribution < -0.4 is 15.2 Å². The van der Waals surface area contributed by atoms with E-state index in [1.165, 1.54) is 36.9 Å². The van der Waals surface area contributed by atoms with E-state index in [2.05, 4.69) is 4.72 Å². The number of halogens is 1. The van der Waals surface area contributed by atoms with E-state index in [-0.39, 0.29) is 15.5 Å². The second kappa shape index (κ2) is 5.88. The van der Waals surface area contributed by atoms with Gasteiger partial charge in [0, 0.05) is 19.2 Å². The molecular formula is C15H13ClN2O5S. The molecule has 0 bridgehead atoms. The number of hydrogen-bond donors (Lipinski definition) is 1. The summed E-state index contributed by atoms with van der Waals surface area (Å²) in [5.41, 5.74) is 0.864. The zero-order chi connectivity index (χ0) is 17.5. The molecule has 0 aliphatic carbocycles. The molecule has 3 rings (SSSR count). The third-order valence-electron chi connectivity index (χ3n) is 3.46. The van der Waals surface area contributed by atoms with Crippen molar-refractivity contribution in [3.05, 3.63) is 52.0 Å². The minimum Gasteiger partial charge on any atom is -0.497 e. The predicted molar refractivity (Wildman–Crippen MR) is 90.3 cm³/mol. The highest BCUT2D eigenvalue weighted by molar-refractivity contribution is 7.92. The van der Waals surface area contributed by atoms with Crippen molar-refractivity contribution >= 4 is 38.4 Å². The average Bonchev–Trinajstić information content (AvgIpc) is 2.81. The normalized spacial score (nSPS) is 11.6. The molecule has 1 heterocycles. The van der Waals surface area contributed by atoms with Gasteiger partial charge in [0.2, 0.25) is 0 Å². The van der Waals surface area contributed by atoms with Gasteiger partial charge >= 0.3 is 5.76 Å². The molecule has 0 radical (unpaired) electrons. The first kappa shape index (κ1) is 16.4. The summed E-state index contributed by atoms with van der Waals surface area (Å²) in [7, 11) is -0.984. The summed E-state index contributed by atoms with van der Waals surface area (Å²) in [6.07, 6.45) is 0. The van der Waals surface area contributed by atoms with Crippen LogP contribution in [-0.2, 0) is 17.1 Å². The number of aromatic nitrogens is 1. The third kappa shape index (κ3) is 2.85. The zero-order valence-corrected chi connectivity index (χ0v) is 14.3. The van der Waals surface area contributed by atoms with Crippen molar-refractivity contribution in [3.8, 4) is 5.75 Å². The number of rotatable bonds is 4. The number of aryl methyl sites for hydroxylation is 1. The third-order valence-corrected chi connectivity index (χ3v) is 5.30. The number of oxazole rings is 1. The van der Waals surface area contributed by atoms with Crippen LogP contribution in [0, 0.1) is 0 Å². The molecule has 0 amide bonds. The average molecular weight is 369 g/mol. The molecular weight excluding hydrogens is 356 g/mol. The summed E-state index contributed by atoms with van der Waals surface area (Å²) in [5.74, 6) is -0.0952. The highest BCUT2D eigenvalue weighted by Crippen LogP contribution is 2.29. The molecule has 0 spiro atoms. The van der Waals surface area contributed by atoms with E-state index in [1.54, 1.807) is 18.2 Å². The lowest BCUT2D eigenvalue weighted by molar-refractivity contribution is 0.415. The highest BCUT2D eigenvalue weighted by Gasteiger charge is 2.21. The van der Waals surface area contributed by atoms with Crippen molar-refractivity contribution in [2.75, 3.05) is 11.8 Å². The van der Waals surface area contributed by atoms with Gasteiger partial charge in [0.15, 0.2) is 5.58 Å². The van der Waals surface area contributed by atoms with Gasteiger partial charge in [-0.15, -0.1) is 0 Å². The molecule has 1 aromatic heterocycles. The molecule has 7 nitrogen and oxygen atoms in total. The van der Waals surface area contributed by atoms with Crippen molar-refractivity contribution in [1.29, 1.82) is 0 Å². The smallest absolute Gasteiger partial charge is 0.419 e. The van der Waals surface area contributed by atoms with Crippen LogP contribution in [-0.4, -0.2) is 20.1 Å². The van der Waals surface area contributed by atoms with Crippen molar-refractivity contribution < 1.29 is 17.6 Å². The Morgan fingerprint density at radius 3 is 2.71 bits per heavy atom. The molecule has 2 aromatic carbocycles. The van der Waals surface area contributed by atoms with Gasteiger partial charge < -0.3 is 9.15 Å². The topological polar surface area (TPSA) is 90.5 Å². The SMILES string of the molecule is COc1cccc(NS(=O)(=O)c2cc3oc(=O)n(C)c3cc2Cl)c1. The standard InChI is InChI=1S/C15H13ClN2O5S/c1-18-12-7-11(16)14(8-13(12)23-15(18)19)24(20,21)17-9-4-3-5-10(6-9)22-2/h3-8,17H,1-2H3.